The normalized spacial score (nSPS) is 23.7. The lowest BCUT2D eigenvalue weighted by molar-refractivity contribution is -0.142. The molecule has 0 bridgehead atoms. The van der Waals surface area contributed by atoms with Gasteiger partial charge < -0.3 is 15.5 Å². The van der Waals surface area contributed by atoms with Crippen LogP contribution in [0.15, 0.2) is 128 Å². The zero-order chi connectivity index (χ0) is 56.1. The number of carbonyl (C=O) groups excluding carboxylic acids is 4. The van der Waals surface area contributed by atoms with Gasteiger partial charge in [0.2, 0.25) is 11.8 Å². The maximum absolute atomic E-state index is 14.1. The van der Waals surface area contributed by atoms with Gasteiger partial charge in [-0.2, -0.15) is 10.2 Å². The standard InChI is InChI=1S/C31H37Cl2N5O2.C30H36Cl2N6O2/c1-21-17-29-31(40)37(16-15-25(38(29)20-21)11-7-22-5-3-2-4-6-22)28(13-10-24-19-34-36-35-24)30(39)14-9-23-8-12-26(32)27(33)18-23;31-25-11-7-21(16-26(25)32)8-13-29(39)27(12-9-23-18-34-36-35-23)37-15-14-24(10-6-20-4-2-1-3-5-20)38-19-22(33)17-28(38)30(37)40/h2-6,8,12,18,21,25,28-29H,7,9-11,13-17,19-20H2,1H3;1-5,7,11,16,22,24,27-28H,6,8-10,12-15,17-19,33H2/t21-,25?,28-,29+;22-,24?,27-,28+/m11/s1. The van der Waals surface area contributed by atoms with E-state index in [0.717, 1.165) is 74.0 Å². The Kier molecular flexibility index (Phi) is 21.2. The highest BCUT2D eigenvalue weighted by molar-refractivity contribution is 6.42. The summed E-state index contributed by atoms with van der Waals surface area (Å²) in [5.41, 5.74) is 12.6. The monoisotopic (exact) mass is 1160 g/mol. The van der Waals surface area contributed by atoms with E-state index in [1.54, 1.807) is 18.2 Å². The first-order valence-corrected chi connectivity index (χ1v) is 30.0. The number of benzene rings is 4. The highest BCUT2D eigenvalue weighted by atomic mass is 35.5. The lowest BCUT2D eigenvalue weighted by Crippen LogP contribution is -2.50. The molecule has 0 spiro atoms. The van der Waals surface area contributed by atoms with Crippen molar-refractivity contribution < 1.29 is 19.2 Å². The summed E-state index contributed by atoms with van der Waals surface area (Å²) in [7, 11) is 0. The van der Waals surface area contributed by atoms with Crippen LogP contribution in [-0.4, -0.2) is 136 Å². The first-order valence-electron chi connectivity index (χ1n) is 28.5. The molecule has 19 heteroatoms. The second-order valence-corrected chi connectivity index (χ2v) is 24.0. The first kappa shape index (κ1) is 59.4. The zero-order valence-electron chi connectivity index (χ0n) is 45.6. The highest BCUT2D eigenvalue weighted by Crippen LogP contribution is 2.35. The van der Waals surface area contributed by atoms with Gasteiger partial charge in [-0.3, -0.25) is 29.0 Å². The maximum atomic E-state index is 14.1. The van der Waals surface area contributed by atoms with Crippen LogP contribution in [0, 0.1) is 5.92 Å². The number of fused-ring (bicyclic) bond motifs is 2. The topological polar surface area (TPSA) is 181 Å². The molecular weight excluding hydrogens is 1090 g/mol. The molecule has 6 aliphatic rings. The number of Topliss-reactive ketones (excluding diaryl/α,β-unsaturated/α-hetero) is 2. The average molecular weight is 1170 g/mol. The Morgan fingerprint density at radius 2 is 1.01 bits per heavy atom. The fourth-order valence-electron chi connectivity index (χ4n) is 12.6. The van der Waals surface area contributed by atoms with Crippen LogP contribution in [0.2, 0.25) is 20.1 Å². The van der Waals surface area contributed by atoms with E-state index in [2.05, 4.69) is 96.1 Å². The summed E-state index contributed by atoms with van der Waals surface area (Å²) in [6.07, 6.45) is 10.9. The van der Waals surface area contributed by atoms with Gasteiger partial charge in [0.25, 0.3) is 0 Å². The van der Waals surface area contributed by atoms with E-state index in [4.69, 9.17) is 52.1 Å². The van der Waals surface area contributed by atoms with Gasteiger partial charge in [-0.15, -0.1) is 10.2 Å². The minimum absolute atomic E-state index is 0.0192. The zero-order valence-corrected chi connectivity index (χ0v) is 48.6. The van der Waals surface area contributed by atoms with Crippen molar-refractivity contribution in [2.24, 2.45) is 42.5 Å². The number of halogens is 4. The van der Waals surface area contributed by atoms with E-state index < -0.39 is 12.1 Å². The molecule has 0 radical (unpaired) electrons. The summed E-state index contributed by atoms with van der Waals surface area (Å²) in [6, 6.07) is 30.9. The van der Waals surface area contributed by atoms with Crippen molar-refractivity contribution >= 4 is 81.2 Å². The molecule has 0 saturated carbocycles. The molecule has 2 unspecified atom stereocenters. The van der Waals surface area contributed by atoms with Crippen molar-refractivity contribution in [2.75, 3.05) is 39.3 Å². The quantitative estimate of drug-likeness (QED) is 0.0812. The predicted octanol–water partition coefficient (Wildman–Crippen LogP) is 11.5. The number of carbonyl (C=O) groups is 4. The number of hydrogen-bond donors (Lipinski definition) is 1. The second kappa shape index (κ2) is 28.6. The highest BCUT2D eigenvalue weighted by Gasteiger charge is 2.47. The van der Waals surface area contributed by atoms with E-state index in [9.17, 15) is 19.2 Å². The van der Waals surface area contributed by atoms with E-state index in [1.165, 1.54) is 11.1 Å². The predicted molar refractivity (Wildman–Crippen MR) is 317 cm³/mol. The Morgan fingerprint density at radius 3 is 1.45 bits per heavy atom. The van der Waals surface area contributed by atoms with Crippen molar-refractivity contribution in [1.82, 2.24) is 19.6 Å². The van der Waals surface area contributed by atoms with Gasteiger partial charge in [0.1, 0.15) is 13.1 Å². The number of ketones is 2. The van der Waals surface area contributed by atoms with Crippen molar-refractivity contribution in [3.63, 3.8) is 0 Å². The number of rotatable bonds is 22. The third-order valence-electron chi connectivity index (χ3n) is 16.8. The molecule has 0 aromatic heterocycles. The number of aryl methyl sites for hydroxylation is 4. The Hall–Kier alpha value is -5.26. The molecule has 0 aliphatic carbocycles. The summed E-state index contributed by atoms with van der Waals surface area (Å²) in [4.78, 5) is 64.3. The Morgan fingerprint density at radius 1 is 0.562 bits per heavy atom. The number of amides is 2. The van der Waals surface area contributed by atoms with Gasteiger partial charge >= 0.3 is 0 Å². The molecule has 2 amide bonds. The van der Waals surface area contributed by atoms with Crippen LogP contribution in [-0.2, 0) is 44.9 Å². The van der Waals surface area contributed by atoms with Crippen molar-refractivity contribution in [3.8, 4) is 0 Å². The Balaban J connectivity index is 0.000000194. The fourth-order valence-corrected chi connectivity index (χ4v) is 13.2. The number of nitrogens with zero attached hydrogens (tertiary/aromatic N) is 10. The molecule has 2 N–H and O–H groups in total. The minimum Gasteiger partial charge on any atom is -0.331 e. The Bertz CT molecular complexity index is 2730. The summed E-state index contributed by atoms with van der Waals surface area (Å²) in [5.74, 6) is 0.691. The van der Waals surface area contributed by atoms with Gasteiger partial charge in [-0.25, -0.2) is 0 Å². The van der Waals surface area contributed by atoms with Crippen molar-refractivity contribution in [3.05, 3.63) is 139 Å². The average Bonchev–Trinajstić information content (AvgIpc) is 4.31. The summed E-state index contributed by atoms with van der Waals surface area (Å²) < 4.78 is 0. The van der Waals surface area contributed by atoms with Gasteiger partial charge in [-0.05, 0) is 153 Å². The smallest absolute Gasteiger partial charge is 0.240 e. The Labute approximate surface area is 490 Å². The summed E-state index contributed by atoms with van der Waals surface area (Å²) >= 11 is 24.6. The lowest BCUT2D eigenvalue weighted by Gasteiger charge is -2.32. The molecule has 6 heterocycles. The van der Waals surface area contributed by atoms with Gasteiger partial charge in [0.05, 0.1) is 55.7 Å². The van der Waals surface area contributed by atoms with E-state index in [-0.39, 0.29) is 47.5 Å². The van der Waals surface area contributed by atoms with E-state index >= 15 is 0 Å². The first-order chi connectivity index (χ1) is 38.8. The molecule has 10 rings (SSSR count). The van der Waals surface area contributed by atoms with E-state index in [1.807, 2.05) is 40.1 Å². The van der Waals surface area contributed by atoms with Crippen LogP contribution in [0.4, 0.5) is 0 Å². The summed E-state index contributed by atoms with van der Waals surface area (Å²) in [6.45, 7) is 5.91. The molecule has 4 saturated heterocycles. The van der Waals surface area contributed by atoms with E-state index in [0.29, 0.717) is 123 Å². The molecule has 4 aromatic carbocycles. The number of nitrogens with two attached hydrogens (primary N) is 1. The van der Waals surface area contributed by atoms with Gasteiger partial charge in [-0.1, -0.05) is 126 Å². The third kappa shape index (κ3) is 15.6. The third-order valence-corrected chi connectivity index (χ3v) is 18.3. The molecule has 6 aliphatic heterocycles. The van der Waals surface area contributed by atoms with Crippen molar-refractivity contribution in [1.29, 1.82) is 0 Å². The van der Waals surface area contributed by atoms with Crippen LogP contribution in [0.25, 0.3) is 0 Å². The second-order valence-electron chi connectivity index (χ2n) is 22.4. The van der Waals surface area contributed by atoms with Crippen LogP contribution < -0.4 is 5.73 Å². The van der Waals surface area contributed by atoms with Crippen LogP contribution >= 0.6 is 46.4 Å². The lowest BCUT2D eigenvalue weighted by atomic mass is 9.96. The molecule has 4 aromatic rings. The fraction of sp³-hybridized carbons (Fsp3) is 0.508. The van der Waals surface area contributed by atoms with Crippen LogP contribution in [0.1, 0.15) is 106 Å². The molecular formula is C61H73Cl4N11O4. The maximum Gasteiger partial charge on any atom is 0.240 e. The molecule has 8 atom stereocenters. The molecule has 80 heavy (non-hydrogen) atoms. The van der Waals surface area contributed by atoms with Gasteiger partial charge in [0, 0.05) is 57.1 Å². The summed E-state index contributed by atoms with van der Waals surface area (Å²) in [5, 5.41) is 25.5. The molecule has 15 nitrogen and oxygen atoms in total. The van der Waals surface area contributed by atoms with Crippen molar-refractivity contribution in [2.45, 2.75) is 152 Å². The minimum atomic E-state index is -0.537. The SMILES string of the molecule is C[C@@H]1C[C@H]2C(=O)N([C@H](CCC3=NN=NC3)C(=O)CCc3ccc(Cl)c(Cl)c3)CCC(CCc3ccccc3)N2C1.N[C@@H]1C[C@H]2C(=O)N([C@H](CCC3=NN=NC3)C(=O)CCc3ccc(Cl)c(Cl)c3)CCC(CCc3ccccc3)N2C1. The number of hydrogen-bond acceptors (Lipinski definition) is 13. The van der Waals surface area contributed by atoms with Crippen LogP contribution in [0.5, 0.6) is 0 Å². The largest absolute Gasteiger partial charge is 0.331 e. The molecule has 4 fully saturated rings. The molecule has 424 valence electrons. The van der Waals surface area contributed by atoms with Gasteiger partial charge in [0.15, 0.2) is 11.6 Å². The van der Waals surface area contributed by atoms with Crippen LogP contribution in [0.3, 0.4) is 0 Å².